The highest BCUT2D eigenvalue weighted by atomic mass is 35.5. The zero-order valence-corrected chi connectivity index (χ0v) is 18.9. The lowest BCUT2D eigenvalue weighted by atomic mass is 10.2. The van der Waals surface area contributed by atoms with Gasteiger partial charge in [-0.1, -0.05) is 29.8 Å². The molecule has 0 aromatic heterocycles. The van der Waals surface area contributed by atoms with Gasteiger partial charge in [0.05, 0.1) is 30.7 Å². The summed E-state index contributed by atoms with van der Waals surface area (Å²) in [5, 5.41) is 3.16. The molecule has 1 amide bonds. The van der Waals surface area contributed by atoms with Crippen molar-refractivity contribution in [1.29, 1.82) is 0 Å². The third-order valence-electron chi connectivity index (χ3n) is 4.34. The van der Waals surface area contributed by atoms with E-state index in [-0.39, 0.29) is 18.9 Å². The van der Waals surface area contributed by atoms with Crippen LogP contribution in [-0.2, 0) is 21.4 Å². The van der Waals surface area contributed by atoms with Crippen LogP contribution >= 0.6 is 11.6 Å². The molecule has 0 heterocycles. The Morgan fingerprint density at radius 3 is 2.53 bits per heavy atom. The average molecular weight is 455 g/mol. The number of sulfonamides is 1. The zero-order chi connectivity index (χ0) is 22.1. The van der Waals surface area contributed by atoms with Crippen LogP contribution in [0.15, 0.2) is 42.5 Å². The van der Waals surface area contributed by atoms with E-state index in [1.165, 1.54) is 17.5 Å². The summed E-state index contributed by atoms with van der Waals surface area (Å²) in [5.74, 6) is 1.03. The van der Waals surface area contributed by atoms with E-state index in [1.807, 2.05) is 31.2 Å². The SMILES string of the molecule is CCOc1ccccc1CNC(=O)CCCN(c1ccc(OC)c(Cl)c1)S(C)(=O)=O. The normalized spacial score (nSPS) is 11.1. The molecule has 0 fully saturated rings. The van der Waals surface area contributed by atoms with Gasteiger partial charge >= 0.3 is 0 Å². The number of carbonyl (C=O) groups is 1. The number of para-hydroxylation sites is 1. The first-order valence-electron chi connectivity index (χ1n) is 9.55. The van der Waals surface area contributed by atoms with Crippen molar-refractivity contribution in [3.05, 3.63) is 53.1 Å². The van der Waals surface area contributed by atoms with Gasteiger partial charge in [-0.05, 0) is 37.6 Å². The van der Waals surface area contributed by atoms with Gasteiger partial charge in [0.1, 0.15) is 11.5 Å². The Labute approximate surface area is 183 Å². The minimum Gasteiger partial charge on any atom is -0.495 e. The first-order chi connectivity index (χ1) is 14.3. The molecule has 0 saturated carbocycles. The fourth-order valence-electron chi connectivity index (χ4n) is 2.91. The predicted molar refractivity (Wildman–Crippen MR) is 119 cm³/mol. The zero-order valence-electron chi connectivity index (χ0n) is 17.4. The first kappa shape index (κ1) is 23.8. The van der Waals surface area contributed by atoms with Crippen molar-refractivity contribution in [3.8, 4) is 11.5 Å². The van der Waals surface area contributed by atoms with E-state index >= 15 is 0 Å². The summed E-state index contributed by atoms with van der Waals surface area (Å²) < 4.78 is 36.3. The Kier molecular flexibility index (Phi) is 8.80. The van der Waals surface area contributed by atoms with E-state index < -0.39 is 10.0 Å². The van der Waals surface area contributed by atoms with Crippen LogP contribution in [0.2, 0.25) is 5.02 Å². The molecule has 9 heteroatoms. The molecule has 0 radical (unpaired) electrons. The highest BCUT2D eigenvalue weighted by molar-refractivity contribution is 7.92. The lowest BCUT2D eigenvalue weighted by Gasteiger charge is -2.23. The predicted octanol–water partition coefficient (Wildman–Crippen LogP) is 3.61. The molecular formula is C21H27ClN2O5S. The lowest BCUT2D eigenvalue weighted by Crippen LogP contribution is -2.32. The summed E-state index contributed by atoms with van der Waals surface area (Å²) in [6.07, 6.45) is 1.66. The number of benzene rings is 2. The molecule has 0 aliphatic carbocycles. The summed E-state index contributed by atoms with van der Waals surface area (Å²) in [6, 6.07) is 12.3. The Morgan fingerprint density at radius 1 is 1.17 bits per heavy atom. The van der Waals surface area contributed by atoms with Gasteiger partial charge in [-0.25, -0.2) is 8.42 Å². The lowest BCUT2D eigenvalue weighted by molar-refractivity contribution is -0.121. The van der Waals surface area contributed by atoms with Crippen LogP contribution in [-0.4, -0.2) is 40.8 Å². The Morgan fingerprint density at radius 2 is 1.90 bits per heavy atom. The molecule has 0 atom stereocenters. The monoisotopic (exact) mass is 454 g/mol. The summed E-state index contributed by atoms with van der Waals surface area (Å²) in [7, 11) is -2.05. The number of methoxy groups -OCH3 is 1. The smallest absolute Gasteiger partial charge is 0.232 e. The summed E-state index contributed by atoms with van der Waals surface area (Å²) >= 11 is 6.12. The van der Waals surface area contributed by atoms with Crippen molar-refractivity contribution in [2.45, 2.75) is 26.3 Å². The largest absolute Gasteiger partial charge is 0.495 e. The summed E-state index contributed by atoms with van der Waals surface area (Å²) in [5.41, 5.74) is 1.31. The van der Waals surface area contributed by atoms with Gasteiger partial charge in [-0.3, -0.25) is 9.10 Å². The first-order valence-corrected chi connectivity index (χ1v) is 11.8. The van der Waals surface area contributed by atoms with E-state index in [9.17, 15) is 13.2 Å². The minimum atomic E-state index is -3.53. The highest BCUT2D eigenvalue weighted by Gasteiger charge is 2.19. The van der Waals surface area contributed by atoms with Gasteiger partial charge < -0.3 is 14.8 Å². The van der Waals surface area contributed by atoms with Crippen molar-refractivity contribution in [2.75, 3.05) is 30.8 Å². The van der Waals surface area contributed by atoms with Crippen molar-refractivity contribution < 1.29 is 22.7 Å². The second kappa shape index (κ2) is 11.1. The third kappa shape index (κ3) is 6.81. The third-order valence-corrected chi connectivity index (χ3v) is 5.83. The fraction of sp³-hybridized carbons (Fsp3) is 0.381. The molecule has 0 aliphatic heterocycles. The molecule has 30 heavy (non-hydrogen) atoms. The number of nitrogens with zero attached hydrogens (tertiary/aromatic N) is 1. The van der Waals surface area contributed by atoms with Crippen molar-refractivity contribution in [3.63, 3.8) is 0 Å². The van der Waals surface area contributed by atoms with E-state index in [0.29, 0.717) is 36.0 Å². The number of anilines is 1. The molecule has 0 spiro atoms. The molecule has 2 aromatic rings. The van der Waals surface area contributed by atoms with Crippen molar-refractivity contribution in [2.24, 2.45) is 0 Å². The van der Waals surface area contributed by atoms with Gasteiger partial charge in [0, 0.05) is 25.1 Å². The van der Waals surface area contributed by atoms with Crippen LogP contribution < -0.4 is 19.1 Å². The Hall–Kier alpha value is -2.45. The molecule has 0 aliphatic rings. The van der Waals surface area contributed by atoms with Gasteiger partial charge in [-0.15, -0.1) is 0 Å². The van der Waals surface area contributed by atoms with Gasteiger partial charge in [-0.2, -0.15) is 0 Å². The van der Waals surface area contributed by atoms with E-state index in [1.54, 1.807) is 12.1 Å². The van der Waals surface area contributed by atoms with Gasteiger partial charge in [0.25, 0.3) is 0 Å². The molecule has 164 valence electrons. The van der Waals surface area contributed by atoms with Gasteiger partial charge in [0.2, 0.25) is 15.9 Å². The summed E-state index contributed by atoms with van der Waals surface area (Å²) in [6.45, 7) is 2.95. The Balaban J connectivity index is 1.94. The number of hydrogen-bond donors (Lipinski definition) is 1. The number of carbonyl (C=O) groups excluding carboxylic acids is 1. The number of rotatable bonds is 11. The second-order valence-electron chi connectivity index (χ2n) is 6.57. The second-order valence-corrected chi connectivity index (χ2v) is 8.89. The molecule has 0 saturated heterocycles. The maximum Gasteiger partial charge on any atom is 0.232 e. The average Bonchev–Trinajstić information content (AvgIpc) is 2.70. The molecule has 0 unspecified atom stereocenters. The van der Waals surface area contributed by atoms with Crippen LogP contribution in [0.25, 0.3) is 0 Å². The molecule has 1 N–H and O–H groups in total. The van der Waals surface area contributed by atoms with Crippen molar-refractivity contribution in [1.82, 2.24) is 5.32 Å². The standard InChI is InChI=1S/C21H27ClN2O5S/c1-4-29-19-9-6-5-8-16(19)15-23-21(25)10-7-13-24(30(3,26)27)17-11-12-20(28-2)18(22)14-17/h5-6,8-9,11-12,14H,4,7,10,13,15H2,1-3H3,(H,23,25). The van der Waals surface area contributed by atoms with E-state index in [4.69, 9.17) is 21.1 Å². The van der Waals surface area contributed by atoms with Crippen LogP contribution in [0.3, 0.4) is 0 Å². The number of ether oxygens (including phenoxy) is 2. The maximum absolute atomic E-state index is 12.2. The highest BCUT2D eigenvalue weighted by Crippen LogP contribution is 2.30. The van der Waals surface area contributed by atoms with Crippen LogP contribution in [0.4, 0.5) is 5.69 Å². The topological polar surface area (TPSA) is 84.9 Å². The van der Waals surface area contributed by atoms with Crippen LogP contribution in [0, 0.1) is 0 Å². The van der Waals surface area contributed by atoms with E-state index in [2.05, 4.69) is 5.32 Å². The van der Waals surface area contributed by atoms with Gasteiger partial charge in [0.15, 0.2) is 0 Å². The van der Waals surface area contributed by atoms with Crippen LogP contribution in [0.1, 0.15) is 25.3 Å². The van der Waals surface area contributed by atoms with E-state index in [0.717, 1.165) is 17.6 Å². The molecular weight excluding hydrogens is 428 g/mol. The number of nitrogens with one attached hydrogen (secondary N) is 1. The maximum atomic E-state index is 12.2. The molecule has 2 rings (SSSR count). The molecule has 2 aromatic carbocycles. The number of hydrogen-bond acceptors (Lipinski definition) is 5. The number of halogens is 1. The van der Waals surface area contributed by atoms with Crippen molar-refractivity contribution >= 4 is 33.2 Å². The minimum absolute atomic E-state index is 0.157. The molecule has 0 bridgehead atoms. The summed E-state index contributed by atoms with van der Waals surface area (Å²) in [4.78, 5) is 12.2. The molecule has 7 nitrogen and oxygen atoms in total. The number of amides is 1. The quantitative estimate of drug-likeness (QED) is 0.560. The Bertz CT molecular complexity index is 966. The fourth-order valence-corrected chi connectivity index (χ4v) is 4.12. The van der Waals surface area contributed by atoms with Crippen LogP contribution in [0.5, 0.6) is 11.5 Å².